The number of ether oxygens (including phenoxy) is 2. The zero-order valence-corrected chi connectivity index (χ0v) is 14.1. The number of benzene rings is 1. The third kappa shape index (κ3) is 3.30. The van der Waals surface area contributed by atoms with Crippen molar-refractivity contribution in [3.63, 3.8) is 0 Å². The second kappa shape index (κ2) is 7.68. The van der Waals surface area contributed by atoms with E-state index in [1.54, 1.807) is 20.3 Å². The van der Waals surface area contributed by atoms with E-state index < -0.39 is 0 Å². The van der Waals surface area contributed by atoms with Crippen molar-refractivity contribution in [3.05, 3.63) is 22.7 Å². The van der Waals surface area contributed by atoms with E-state index in [0.29, 0.717) is 16.5 Å². The lowest BCUT2D eigenvalue weighted by Crippen LogP contribution is -2.47. The van der Waals surface area contributed by atoms with E-state index in [2.05, 4.69) is 22.8 Å². The average molecular weight is 324 g/mol. The molecule has 0 aliphatic carbocycles. The summed E-state index contributed by atoms with van der Waals surface area (Å²) in [6.45, 7) is 6.86. The number of nitriles is 1. The van der Waals surface area contributed by atoms with Crippen LogP contribution in [0.15, 0.2) is 12.1 Å². The molecular weight excluding hydrogens is 302 g/mol. The van der Waals surface area contributed by atoms with E-state index in [9.17, 15) is 5.26 Å². The molecule has 2 rings (SSSR count). The smallest absolute Gasteiger partial charge is 0.179 e. The number of hydrogen-bond donors (Lipinski definition) is 0. The maximum atomic E-state index is 9.63. The molecule has 1 saturated heterocycles. The Morgan fingerprint density at radius 2 is 1.91 bits per heavy atom. The van der Waals surface area contributed by atoms with Gasteiger partial charge in [0.15, 0.2) is 11.5 Å². The minimum atomic E-state index is -0.369. The topological polar surface area (TPSA) is 48.7 Å². The lowest BCUT2D eigenvalue weighted by atomic mass is 10.0. The molecule has 1 aliphatic rings. The number of rotatable bonds is 5. The van der Waals surface area contributed by atoms with Gasteiger partial charge in [-0.25, -0.2) is 0 Å². The highest BCUT2D eigenvalue weighted by Crippen LogP contribution is 2.40. The standard InChI is InChI=1S/C16H22ClN3O2/c1-4-19-7-9-20(10-8-19)13(11-18)12-5-6-14(21-2)16(22-3)15(12)17/h5-6,13H,4,7-10H2,1-3H3. The molecule has 5 nitrogen and oxygen atoms in total. The van der Waals surface area contributed by atoms with Crippen LogP contribution in [0, 0.1) is 11.3 Å². The van der Waals surface area contributed by atoms with E-state index in [4.69, 9.17) is 21.1 Å². The van der Waals surface area contributed by atoms with Crippen molar-refractivity contribution in [2.75, 3.05) is 46.9 Å². The van der Waals surface area contributed by atoms with Gasteiger partial charge in [-0.2, -0.15) is 5.26 Å². The Balaban J connectivity index is 2.27. The molecule has 0 amide bonds. The Hall–Kier alpha value is -1.48. The van der Waals surface area contributed by atoms with Crippen LogP contribution < -0.4 is 9.47 Å². The van der Waals surface area contributed by atoms with E-state index in [-0.39, 0.29) is 6.04 Å². The fourth-order valence-corrected chi connectivity index (χ4v) is 3.14. The number of methoxy groups -OCH3 is 2. The van der Waals surface area contributed by atoms with Crippen LogP contribution in [0.3, 0.4) is 0 Å². The predicted molar refractivity (Wildman–Crippen MR) is 86.6 cm³/mol. The minimum absolute atomic E-state index is 0.369. The monoisotopic (exact) mass is 323 g/mol. The number of likely N-dealkylation sites (N-methyl/N-ethyl adjacent to an activating group) is 1. The molecule has 22 heavy (non-hydrogen) atoms. The molecule has 1 aliphatic heterocycles. The second-order valence-corrected chi connectivity index (χ2v) is 5.58. The zero-order chi connectivity index (χ0) is 16.1. The molecule has 1 aromatic carbocycles. The third-order valence-corrected chi connectivity index (χ3v) is 4.54. The number of nitrogens with zero attached hydrogens (tertiary/aromatic N) is 3. The van der Waals surface area contributed by atoms with Gasteiger partial charge in [0.1, 0.15) is 6.04 Å². The van der Waals surface area contributed by atoms with Crippen molar-refractivity contribution in [2.24, 2.45) is 0 Å². The summed E-state index contributed by atoms with van der Waals surface area (Å²) in [4.78, 5) is 4.54. The minimum Gasteiger partial charge on any atom is -0.493 e. The lowest BCUT2D eigenvalue weighted by Gasteiger charge is -2.36. The van der Waals surface area contributed by atoms with Gasteiger partial charge in [0.25, 0.3) is 0 Å². The van der Waals surface area contributed by atoms with Crippen molar-refractivity contribution >= 4 is 11.6 Å². The molecule has 0 bridgehead atoms. The first-order valence-corrected chi connectivity index (χ1v) is 7.80. The molecule has 6 heteroatoms. The van der Waals surface area contributed by atoms with Gasteiger partial charge in [0, 0.05) is 31.7 Å². The molecule has 0 spiro atoms. The van der Waals surface area contributed by atoms with Crippen LogP contribution in [0.25, 0.3) is 0 Å². The SMILES string of the molecule is CCN1CCN(C(C#N)c2ccc(OC)c(OC)c2Cl)CC1. The molecule has 1 heterocycles. The maximum Gasteiger partial charge on any atom is 0.179 e. The van der Waals surface area contributed by atoms with Gasteiger partial charge in [-0.05, 0) is 12.6 Å². The van der Waals surface area contributed by atoms with Crippen molar-refractivity contribution < 1.29 is 9.47 Å². The van der Waals surface area contributed by atoms with Crippen LogP contribution in [-0.2, 0) is 0 Å². The number of halogens is 1. The fraction of sp³-hybridized carbons (Fsp3) is 0.562. The quantitative estimate of drug-likeness (QED) is 0.833. The molecule has 1 aromatic rings. The van der Waals surface area contributed by atoms with E-state index in [1.807, 2.05) is 6.07 Å². The third-order valence-electron chi connectivity index (χ3n) is 4.15. The van der Waals surface area contributed by atoms with Crippen LogP contribution in [0.4, 0.5) is 0 Å². The van der Waals surface area contributed by atoms with Gasteiger partial charge in [-0.15, -0.1) is 0 Å². The van der Waals surface area contributed by atoms with Crippen LogP contribution in [0.5, 0.6) is 11.5 Å². The van der Waals surface area contributed by atoms with Gasteiger partial charge in [0.05, 0.1) is 25.3 Å². The van der Waals surface area contributed by atoms with Crippen LogP contribution in [0.2, 0.25) is 5.02 Å². The van der Waals surface area contributed by atoms with E-state index >= 15 is 0 Å². The average Bonchev–Trinajstić information content (AvgIpc) is 2.57. The Bertz CT molecular complexity index is 551. The van der Waals surface area contributed by atoms with Crippen molar-refractivity contribution in [3.8, 4) is 17.6 Å². The maximum absolute atomic E-state index is 9.63. The molecule has 1 atom stereocenters. The van der Waals surface area contributed by atoms with Crippen LogP contribution >= 0.6 is 11.6 Å². The highest BCUT2D eigenvalue weighted by atomic mass is 35.5. The summed E-state index contributed by atoms with van der Waals surface area (Å²) in [5, 5.41) is 10.1. The Kier molecular flexibility index (Phi) is 5.90. The first kappa shape index (κ1) is 16.9. The van der Waals surface area contributed by atoms with E-state index in [1.165, 1.54) is 0 Å². The van der Waals surface area contributed by atoms with Gasteiger partial charge < -0.3 is 14.4 Å². The largest absolute Gasteiger partial charge is 0.493 e. The zero-order valence-electron chi connectivity index (χ0n) is 13.3. The highest BCUT2D eigenvalue weighted by Gasteiger charge is 2.27. The molecule has 1 fully saturated rings. The lowest BCUT2D eigenvalue weighted by molar-refractivity contribution is 0.118. The molecule has 0 N–H and O–H groups in total. The van der Waals surface area contributed by atoms with Gasteiger partial charge in [-0.3, -0.25) is 4.90 Å². The number of hydrogen-bond acceptors (Lipinski definition) is 5. The molecule has 1 unspecified atom stereocenters. The van der Waals surface area contributed by atoms with Crippen molar-refractivity contribution in [1.82, 2.24) is 9.80 Å². The summed E-state index contributed by atoms with van der Waals surface area (Å²) in [5.41, 5.74) is 0.770. The molecule has 0 radical (unpaired) electrons. The normalized spacial score (nSPS) is 17.8. The van der Waals surface area contributed by atoms with Gasteiger partial charge >= 0.3 is 0 Å². The summed E-state index contributed by atoms with van der Waals surface area (Å²) in [5.74, 6) is 1.05. The summed E-state index contributed by atoms with van der Waals surface area (Å²) in [6, 6.07) is 5.66. The molecule has 120 valence electrons. The fourth-order valence-electron chi connectivity index (χ4n) is 2.80. The Morgan fingerprint density at radius 1 is 1.23 bits per heavy atom. The van der Waals surface area contributed by atoms with Crippen molar-refractivity contribution in [2.45, 2.75) is 13.0 Å². The van der Waals surface area contributed by atoms with Crippen molar-refractivity contribution in [1.29, 1.82) is 5.26 Å². The predicted octanol–water partition coefficient (Wildman–Crippen LogP) is 2.56. The first-order chi connectivity index (χ1) is 10.7. The summed E-state index contributed by atoms with van der Waals surface area (Å²) in [7, 11) is 3.12. The van der Waals surface area contributed by atoms with Crippen LogP contribution in [0.1, 0.15) is 18.5 Å². The molecule has 0 aromatic heterocycles. The first-order valence-electron chi connectivity index (χ1n) is 7.42. The number of piperazine rings is 1. The summed E-state index contributed by atoms with van der Waals surface area (Å²) >= 11 is 6.45. The Labute approximate surface area is 137 Å². The van der Waals surface area contributed by atoms with Gasteiger partial charge in [-0.1, -0.05) is 24.6 Å². The molecule has 0 saturated carbocycles. The second-order valence-electron chi connectivity index (χ2n) is 5.21. The summed E-state index contributed by atoms with van der Waals surface area (Å²) in [6.07, 6.45) is 0. The van der Waals surface area contributed by atoms with Gasteiger partial charge in [0.2, 0.25) is 0 Å². The Morgan fingerprint density at radius 3 is 2.41 bits per heavy atom. The van der Waals surface area contributed by atoms with E-state index in [0.717, 1.165) is 38.3 Å². The summed E-state index contributed by atoms with van der Waals surface area (Å²) < 4.78 is 10.6. The molecular formula is C16H22ClN3O2. The highest BCUT2D eigenvalue weighted by molar-refractivity contribution is 6.33. The van der Waals surface area contributed by atoms with Crippen LogP contribution in [-0.4, -0.2) is 56.7 Å².